The molecule has 2 atom stereocenters. The molecule has 1 saturated heterocycles. The van der Waals surface area contributed by atoms with Gasteiger partial charge in [0.05, 0.1) is 6.26 Å². The van der Waals surface area contributed by atoms with Crippen LogP contribution >= 0.6 is 0 Å². The lowest BCUT2D eigenvalue weighted by Crippen LogP contribution is -2.51. The minimum atomic E-state index is -3.25. The van der Waals surface area contributed by atoms with Crippen molar-refractivity contribution in [3.05, 3.63) is 77.9 Å². The molecule has 1 N–H and O–H groups in total. The lowest BCUT2D eigenvalue weighted by Gasteiger charge is -2.38. The molecule has 0 aromatic heterocycles. The van der Waals surface area contributed by atoms with E-state index >= 15 is 0 Å². The van der Waals surface area contributed by atoms with Gasteiger partial charge in [-0.15, -0.1) is 0 Å². The van der Waals surface area contributed by atoms with Gasteiger partial charge < -0.3 is 0 Å². The number of nitrogens with one attached hydrogen (secondary N) is 1. The molecule has 2 aromatic carbocycles. The summed E-state index contributed by atoms with van der Waals surface area (Å²) in [4.78, 5) is 2.31. The monoisotopic (exact) mass is 370 g/mol. The second-order valence-electron chi connectivity index (χ2n) is 6.87. The fourth-order valence-corrected chi connectivity index (χ4v) is 4.37. The summed E-state index contributed by atoms with van der Waals surface area (Å²) in [6.45, 7) is 2.49. The Morgan fingerprint density at radius 1 is 1.08 bits per heavy atom. The van der Waals surface area contributed by atoms with E-state index in [9.17, 15) is 8.42 Å². The molecule has 0 radical (unpaired) electrons. The summed E-state index contributed by atoms with van der Waals surface area (Å²) < 4.78 is 26.5. The molecule has 0 saturated carbocycles. The summed E-state index contributed by atoms with van der Waals surface area (Å²) >= 11 is 0. The quantitative estimate of drug-likeness (QED) is 0.850. The van der Waals surface area contributed by atoms with Crippen LogP contribution in [0.25, 0.3) is 6.08 Å². The van der Waals surface area contributed by atoms with E-state index in [-0.39, 0.29) is 12.0 Å². The van der Waals surface area contributed by atoms with Gasteiger partial charge in [0.2, 0.25) is 10.0 Å². The van der Waals surface area contributed by atoms with Gasteiger partial charge in [-0.25, -0.2) is 13.1 Å². The van der Waals surface area contributed by atoms with Crippen LogP contribution in [0, 0.1) is 0 Å². The van der Waals surface area contributed by atoms with E-state index in [0.29, 0.717) is 6.54 Å². The summed E-state index contributed by atoms with van der Waals surface area (Å²) in [5.41, 5.74) is 2.38. The molecule has 2 aromatic rings. The summed E-state index contributed by atoms with van der Waals surface area (Å²) in [6, 6.07) is 20.3. The third kappa shape index (κ3) is 5.53. The van der Waals surface area contributed by atoms with Crippen LogP contribution in [0.3, 0.4) is 0 Å². The van der Waals surface area contributed by atoms with Gasteiger partial charge in [0, 0.05) is 25.0 Å². The van der Waals surface area contributed by atoms with E-state index in [4.69, 9.17) is 0 Å². The van der Waals surface area contributed by atoms with Crippen LogP contribution in [0.4, 0.5) is 0 Å². The van der Waals surface area contributed by atoms with Crippen molar-refractivity contribution in [1.82, 2.24) is 9.62 Å². The van der Waals surface area contributed by atoms with E-state index < -0.39 is 10.0 Å². The minimum absolute atomic E-state index is 0.105. The Labute approximate surface area is 156 Å². The van der Waals surface area contributed by atoms with Crippen LogP contribution in [0.15, 0.2) is 66.7 Å². The Kier molecular flexibility index (Phi) is 6.25. The Balaban J connectivity index is 1.67. The fraction of sp³-hybridized carbons (Fsp3) is 0.333. The zero-order chi connectivity index (χ0) is 18.4. The summed E-state index contributed by atoms with van der Waals surface area (Å²) in [6.07, 6.45) is 6.44. The molecule has 0 spiro atoms. The molecule has 138 valence electrons. The van der Waals surface area contributed by atoms with Gasteiger partial charge in [-0.3, -0.25) is 4.90 Å². The minimum Gasteiger partial charge on any atom is -0.298 e. The lowest BCUT2D eigenvalue weighted by atomic mass is 9.86. The molecule has 1 heterocycles. The normalized spacial score (nSPS) is 21.9. The molecule has 26 heavy (non-hydrogen) atoms. The first-order valence-corrected chi connectivity index (χ1v) is 10.9. The molecule has 1 aliphatic heterocycles. The van der Waals surface area contributed by atoms with Crippen molar-refractivity contribution >= 4 is 16.1 Å². The molecule has 0 bridgehead atoms. The zero-order valence-corrected chi connectivity index (χ0v) is 15.9. The molecule has 5 heteroatoms. The molecular formula is C21H26N2O2S. The van der Waals surface area contributed by atoms with Crippen molar-refractivity contribution < 1.29 is 8.42 Å². The number of sulfonamides is 1. The average molecular weight is 371 g/mol. The van der Waals surface area contributed by atoms with Crippen LogP contribution < -0.4 is 4.72 Å². The second kappa shape index (κ2) is 8.62. The van der Waals surface area contributed by atoms with Crippen LogP contribution in [-0.4, -0.2) is 45.2 Å². The van der Waals surface area contributed by atoms with Crippen LogP contribution in [0.1, 0.15) is 23.5 Å². The smallest absolute Gasteiger partial charge is 0.209 e. The second-order valence-corrected chi connectivity index (χ2v) is 8.66. The topological polar surface area (TPSA) is 49.4 Å². The predicted molar refractivity (Wildman–Crippen MR) is 107 cm³/mol. The van der Waals surface area contributed by atoms with E-state index in [1.165, 1.54) is 17.4 Å². The van der Waals surface area contributed by atoms with Crippen molar-refractivity contribution in [1.29, 1.82) is 0 Å². The zero-order valence-electron chi connectivity index (χ0n) is 15.1. The van der Waals surface area contributed by atoms with E-state index in [1.54, 1.807) is 0 Å². The molecule has 0 aliphatic carbocycles. The van der Waals surface area contributed by atoms with Crippen LogP contribution in [0.5, 0.6) is 0 Å². The van der Waals surface area contributed by atoms with Gasteiger partial charge in [-0.1, -0.05) is 72.8 Å². The summed E-state index contributed by atoms with van der Waals surface area (Å²) in [7, 11) is -3.25. The maximum Gasteiger partial charge on any atom is 0.209 e. The molecular weight excluding hydrogens is 344 g/mol. The first kappa shape index (κ1) is 18.8. The standard InChI is InChI=1S/C21H26N2O2S/c1-26(24,25)22-21-17-23(15-8-11-18-9-4-2-5-10-18)16-14-20(21)19-12-6-3-7-13-19/h2-13,20-22H,14-17H2,1H3/b11-8+/t20-,21-/m0/s1. The summed E-state index contributed by atoms with van der Waals surface area (Å²) in [5.74, 6) is 0.209. The molecule has 1 aliphatic rings. The molecule has 0 amide bonds. The predicted octanol–water partition coefficient (Wildman–Crippen LogP) is 3.11. The number of rotatable bonds is 6. The maximum absolute atomic E-state index is 11.8. The van der Waals surface area contributed by atoms with Crippen molar-refractivity contribution in [2.45, 2.75) is 18.4 Å². The highest BCUT2D eigenvalue weighted by Crippen LogP contribution is 2.28. The van der Waals surface area contributed by atoms with Crippen LogP contribution in [0.2, 0.25) is 0 Å². The number of likely N-dealkylation sites (tertiary alicyclic amines) is 1. The SMILES string of the molecule is CS(=O)(=O)N[C@H]1CN(C/C=C/c2ccccc2)CC[C@H]1c1ccccc1. The molecule has 4 nitrogen and oxygen atoms in total. The molecule has 1 fully saturated rings. The van der Waals surface area contributed by atoms with Crippen molar-refractivity contribution in [2.75, 3.05) is 25.9 Å². The Bertz CT molecular complexity index is 820. The number of nitrogens with zero attached hydrogens (tertiary/aromatic N) is 1. The molecule has 0 unspecified atom stereocenters. The highest BCUT2D eigenvalue weighted by molar-refractivity contribution is 7.88. The van der Waals surface area contributed by atoms with Gasteiger partial charge in [0.25, 0.3) is 0 Å². The largest absolute Gasteiger partial charge is 0.298 e. The highest BCUT2D eigenvalue weighted by Gasteiger charge is 2.31. The van der Waals surface area contributed by atoms with Gasteiger partial charge >= 0.3 is 0 Å². The van der Waals surface area contributed by atoms with Gasteiger partial charge in [0.1, 0.15) is 0 Å². The Morgan fingerprint density at radius 3 is 2.38 bits per heavy atom. The van der Waals surface area contributed by atoms with Gasteiger partial charge in [-0.05, 0) is 24.1 Å². The third-order valence-corrected chi connectivity index (χ3v) is 5.49. The van der Waals surface area contributed by atoms with Crippen molar-refractivity contribution in [2.24, 2.45) is 0 Å². The lowest BCUT2D eigenvalue weighted by molar-refractivity contribution is 0.200. The van der Waals surface area contributed by atoms with Gasteiger partial charge in [-0.2, -0.15) is 0 Å². The maximum atomic E-state index is 11.8. The first-order valence-electron chi connectivity index (χ1n) is 8.97. The van der Waals surface area contributed by atoms with E-state index in [0.717, 1.165) is 19.5 Å². The summed E-state index contributed by atoms with van der Waals surface area (Å²) in [5, 5.41) is 0. The average Bonchev–Trinajstić information content (AvgIpc) is 2.62. The van der Waals surface area contributed by atoms with Crippen LogP contribution in [-0.2, 0) is 10.0 Å². The number of piperidine rings is 1. The third-order valence-electron chi connectivity index (χ3n) is 4.76. The Morgan fingerprint density at radius 2 is 1.73 bits per heavy atom. The fourth-order valence-electron chi connectivity index (χ4n) is 3.58. The van der Waals surface area contributed by atoms with E-state index in [1.807, 2.05) is 36.4 Å². The number of hydrogen-bond donors (Lipinski definition) is 1. The number of benzene rings is 2. The Hall–Kier alpha value is -1.95. The van der Waals surface area contributed by atoms with Crippen molar-refractivity contribution in [3.8, 4) is 0 Å². The van der Waals surface area contributed by atoms with Gasteiger partial charge in [0.15, 0.2) is 0 Å². The first-order chi connectivity index (χ1) is 12.5. The van der Waals surface area contributed by atoms with Crippen molar-refractivity contribution in [3.63, 3.8) is 0 Å². The highest BCUT2D eigenvalue weighted by atomic mass is 32.2. The van der Waals surface area contributed by atoms with E-state index in [2.05, 4.69) is 46.0 Å². The molecule has 3 rings (SSSR count). The number of hydrogen-bond acceptors (Lipinski definition) is 3.